The van der Waals surface area contributed by atoms with Crippen molar-refractivity contribution in [3.05, 3.63) is 75.3 Å². The number of nitrogens with one attached hydrogen (secondary N) is 1. The molecule has 0 radical (unpaired) electrons. The van der Waals surface area contributed by atoms with E-state index in [0.29, 0.717) is 0 Å². The zero-order valence-corrected chi connectivity index (χ0v) is 10.4. The average Bonchev–Trinajstić information content (AvgIpc) is 2.47. The number of hydrogen-bond donors (Lipinski definition) is 1. The van der Waals surface area contributed by atoms with Gasteiger partial charge in [0.2, 0.25) is 0 Å². The van der Waals surface area contributed by atoms with Crippen LogP contribution in [0.15, 0.2) is 48.5 Å². The molecule has 1 aliphatic heterocycles. The Morgan fingerprint density at radius 1 is 1.16 bits per heavy atom. The largest absolute Gasteiger partial charge is 0.306 e. The van der Waals surface area contributed by atoms with Crippen molar-refractivity contribution < 1.29 is 4.92 Å². The van der Waals surface area contributed by atoms with Crippen LogP contribution in [0, 0.1) is 10.1 Å². The van der Waals surface area contributed by atoms with Crippen LogP contribution in [0.4, 0.5) is 5.69 Å². The maximum Gasteiger partial charge on any atom is 0.269 e. The Balaban J connectivity index is 2.08. The van der Waals surface area contributed by atoms with E-state index in [-0.39, 0.29) is 16.7 Å². The summed E-state index contributed by atoms with van der Waals surface area (Å²) in [4.78, 5) is 10.6. The third kappa shape index (κ3) is 2.22. The fourth-order valence-electron chi connectivity index (χ4n) is 2.60. The normalized spacial score (nSPS) is 17.8. The van der Waals surface area contributed by atoms with E-state index in [9.17, 15) is 10.1 Å². The van der Waals surface area contributed by atoms with E-state index >= 15 is 0 Å². The van der Waals surface area contributed by atoms with Crippen molar-refractivity contribution in [1.82, 2.24) is 5.32 Å². The van der Waals surface area contributed by atoms with Crippen LogP contribution in [0.2, 0.25) is 0 Å². The van der Waals surface area contributed by atoms with Gasteiger partial charge in [-0.25, -0.2) is 0 Å². The average molecular weight is 254 g/mol. The van der Waals surface area contributed by atoms with Crippen LogP contribution in [0.1, 0.15) is 22.7 Å². The molecule has 0 aromatic heterocycles. The minimum Gasteiger partial charge on any atom is -0.306 e. The molecule has 0 spiro atoms. The third-order valence-electron chi connectivity index (χ3n) is 3.53. The van der Waals surface area contributed by atoms with E-state index in [4.69, 9.17) is 0 Å². The number of rotatable bonds is 2. The van der Waals surface area contributed by atoms with Crippen LogP contribution >= 0.6 is 0 Å². The van der Waals surface area contributed by atoms with Crippen molar-refractivity contribution in [2.75, 3.05) is 6.54 Å². The summed E-state index contributed by atoms with van der Waals surface area (Å²) < 4.78 is 0. The lowest BCUT2D eigenvalue weighted by Gasteiger charge is -2.27. The molecule has 0 fully saturated rings. The van der Waals surface area contributed by atoms with Crippen LogP contribution in [-0.2, 0) is 6.42 Å². The molecule has 2 aromatic carbocycles. The molecular weight excluding hydrogens is 240 g/mol. The zero-order chi connectivity index (χ0) is 13.2. The predicted molar refractivity (Wildman–Crippen MR) is 73.1 cm³/mol. The lowest BCUT2D eigenvalue weighted by molar-refractivity contribution is -0.385. The van der Waals surface area contributed by atoms with Gasteiger partial charge in [0.05, 0.1) is 11.0 Å². The number of nitrogens with zero attached hydrogens (tertiary/aromatic N) is 1. The van der Waals surface area contributed by atoms with Crippen molar-refractivity contribution in [2.24, 2.45) is 0 Å². The molecular formula is C15H14N2O2. The van der Waals surface area contributed by atoms with Crippen LogP contribution in [-0.4, -0.2) is 11.5 Å². The van der Waals surface area contributed by atoms with Crippen molar-refractivity contribution >= 4 is 5.69 Å². The second-order valence-electron chi connectivity index (χ2n) is 4.69. The second-order valence-corrected chi connectivity index (χ2v) is 4.69. The standard InChI is InChI=1S/C15H14N2O2/c18-17(19)13-7-6-11-8-9-16-15(14(11)10-13)12-4-2-1-3-5-12/h1-7,10,15-16H,8-9H2. The maximum atomic E-state index is 10.9. The van der Waals surface area contributed by atoms with Crippen LogP contribution in [0.5, 0.6) is 0 Å². The minimum atomic E-state index is -0.336. The molecule has 1 N–H and O–H groups in total. The van der Waals surface area contributed by atoms with E-state index < -0.39 is 0 Å². The summed E-state index contributed by atoms with van der Waals surface area (Å²) in [5.74, 6) is 0. The molecule has 0 bridgehead atoms. The Bertz CT molecular complexity index is 611. The van der Waals surface area contributed by atoms with Gasteiger partial charge in [-0.2, -0.15) is 0 Å². The predicted octanol–water partition coefficient (Wildman–Crippen LogP) is 2.83. The molecule has 1 heterocycles. The first-order valence-corrected chi connectivity index (χ1v) is 6.31. The highest BCUT2D eigenvalue weighted by molar-refractivity contribution is 5.46. The summed E-state index contributed by atoms with van der Waals surface area (Å²) in [5.41, 5.74) is 3.51. The summed E-state index contributed by atoms with van der Waals surface area (Å²) >= 11 is 0. The molecule has 0 saturated carbocycles. The summed E-state index contributed by atoms with van der Waals surface area (Å²) in [7, 11) is 0. The van der Waals surface area contributed by atoms with Gasteiger partial charge in [-0.1, -0.05) is 36.4 Å². The summed E-state index contributed by atoms with van der Waals surface area (Å²) in [6, 6.07) is 15.3. The van der Waals surface area contributed by atoms with Gasteiger partial charge in [0.1, 0.15) is 0 Å². The summed E-state index contributed by atoms with van der Waals surface area (Å²) in [6.45, 7) is 0.893. The molecule has 96 valence electrons. The first-order chi connectivity index (χ1) is 9.25. The topological polar surface area (TPSA) is 55.2 Å². The summed E-state index contributed by atoms with van der Waals surface area (Å²) in [5, 5.41) is 14.4. The number of non-ortho nitro benzene ring substituents is 1. The van der Waals surface area contributed by atoms with E-state index in [2.05, 4.69) is 5.32 Å². The number of nitro groups is 1. The SMILES string of the molecule is O=[N+]([O-])c1ccc2c(c1)C(c1ccccc1)NCC2. The highest BCUT2D eigenvalue weighted by Gasteiger charge is 2.23. The molecule has 1 atom stereocenters. The summed E-state index contributed by atoms with van der Waals surface area (Å²) in [6.07, 6.45) is 0.913. The second kappa shape index (κ2) is 4.82. The molecule has 3 rings (SSSR count). The molecule has 0 aliphatic carbocycles. The van der Waals surface area contributed by atoms with E-state index in [1.54, 1.807) is 12.1 Å². The number of nitro benzene ring substituents is 1. The van der Waals surface area contributed by atoms with E-state index in [1.807, 2.05) is 36.4 Å². The molecule has 0 amide bonds. The van der Waals surface area contributed by atoms with Gasteiger partial charge in [-0.05, 0) is 23.1 Å². The van der Waals surface area contributed by atoms with Gasteiger partial charge in [0.15, 0.2) is 0 Å². The third-order valence-corrected chi connectivity index (χ3v) is 3.53. The Morgan fingerprint density at radius 3 is 2.68 bits per heavy atom. The molecule has 4 nitrogen and oxygen atoms in total. The lowest BCUT2D eigenvalue weighted by Crippen LogP contribution is -2.30. The zero-order valence-electron chi connectivity index (χ0n) is 10.4. The first-order valence-electron chi connectivity index (χ1n) is 6.31. The van der Waals surface area contributed by atoms with Gasteiger partial charge in [-0.15, -0.1) is 0 Å². The molecule has 4 heteroatoms. The minimum absolute atomic E-state index is 0.0462. The van der Waals surface area contributed by atoms with E-state index in [0.717, 1.165) is 24.1 Å². The van der Waals surface area contributed by atoms with Crippen LogP contribution < -0.4 is 5.32 Å². The van der Waals surface area contributed by atoms with Crippen molar-refractivity contribution in [3.63, 3.8) is 0 Å². The number of fused-ring (bicyclic) bond motifs is 1. The van der Waals surface area contributed by atoms with Gasteiger partial charge in [-0.3, -0.25) is 10.1 Å². The Hall–Kier alpha value is -2.20. The highest BCUT2D eigenvalue weighted by Crippen LogP contribution is 2.31. The highest BCUT2D eigenvalue weighted by atomic mass is 16.6. The fraction of sp³-hybridized carbons (Fsp3) is 0.200. The fourth-order valence-corrected chi connectivity index (χ4v) is 2.60. The smallest absolute Gasteiger partial charge is 0.269 e. The Kier molecular flexibility index (Phi) is 3.01. The maximum absolute atomic E-state index is 10.9. The number of hydrogen-bond acceptors (Lipinski definition) is 3. The molecule has 1 aliphatic rings. The van der Waals surface area contributed by atoms with Gasteiger partial charge in [0.25, 0.3) is 5.69 Å². The monoisotopic (exact) mass is 254 g/mol. The van der Waals surface area contributed by atoms with Gasteiger partial charge >= 0.3 is 0 Å². The molecule has 2 aromatic rings. The quantitative estimate of drug-likeness (QED) is 0.662. The van der Waals surface area contributed by atoms with Crippen LogP contribution in [0.3, 0.4) is 0 Å². The van der Waals surface area contributed by atoms with Crippen molar-refractivity contribution in [2.45, 2.75) is 12.5 Å². The van der Waals surface area contributed by atoms with Crippen molar-refractivity contribution in [3.8, 4) is 0 Å². The lowest BCUT2D eigenvalue weighted by atomic mass is 9.89. The number of benzene rings is 2. The van der Waals surface area contributed by atoms with E-state index in [1.165, 1.54) is 5.56 Å². The van der Waals surface area contributed by atoms with Gasteiger partial charge < -0.3 is 5.32 Å². The van der Waals surface area contributed by atoms with Crippen molar-refractivity contribution in [1.29, 1.82) is 0 Å². The first kappa shape index (κ1) is 11.9. The Labute approximate surface area is 111 Å². The Morgan fingerprint density at radius 2 is 1.95 bits per heavy atom. The van der Waals surface area contributed by atoms with Crippen LogP contribution in [0.25, 0.3) is 0 Å². The molecule has 1 unspecified atom stereocenters. The van der Waals surface area contributed by atoms with Gasteiger partial charge in [0, 0.05) is 18.7 Å². The molecule has 19 heavy (non-hydrogen) atoms. The molecule has 0 saturated heterocycles.